The average molecular weight is 500 g/mol. The molecule has 1 atom stereocenters. The van der Waals surface area contributed by atoms with Gasteiger partial charge in [-0.1, -0.05) is 35.6 Å². The van der Waals surface area contributed by atoms with Crippen molar-refractivity contribution >= 4 is 55.4 Å². The summed E-state index contributed by atoms with van der Waals surface area (Å²) in [4.78, 5) is 24.7. The molecule has 3 rings (SSSR count). The zero-order valence-electron chi connectivity index (χ0n) is 17.2. The number of morpholine rings is 1. The number of rotatable bonds is 9. The number of ether oxygens (including phenoxy) is 1. The predicted molar refractivity (Wildman–Crippen MR) is 122 cm³/mol. The van der Waals surface area contributed by atoms with Gasteiger partial charge in [-0.3, -0.25) is 9.59 Å². The average Bonchev–Trinajstić information content (AvgIpc) is 3.20. The first-order valence-corrected chi connectivity index (χ1v) is 12.3. The second kappa shape index (κ2) is 10.4. The Hall–Kier alpha value is -2.54. The van der Waals surface area contributed by atoms with Gasteiger partial charge in [-0.15, -0.1) is 10.2 Å². The van der Waals surface area contributed by atoms with Crippen molar-refractivity contribution in [2.75, 3.05) is 36.9 Å². The van der Waals surface area contributed by atoms with Crippen LogP contribution in [0.4, 0.5) is 10.8 Å². The third-order valence-electron chi connectivity index (χ3n) is 4.54. The molecule has 0 aliphatic carbocycles. The van der Waals surface area contributed by atoms with Crippen LogP contribution in [0.1, 0.15) is 11.9 Å². The topological polar surface area (TPSA) is 131 Å². The molecule has 0 saturated carbocycles. The molecule has 172 valence electrons. The van der Waals surface area contributed by atoms with Crippen LogP contribution >= 0.6 is 22.9 Å². The molecule has 32 heavy (non-hydrogen) atoms. The number of anilines is 2. The van der Waals surface area contributed by atoms with E-state index in [1.807, 2.05) is 0 Å². The van der Waals surface area contributed by atoms with E-state index in [4.69, 9.17) is 16.3 Å². The van der Waals surface area contributed by atoms with E-state index in [0.717, 1.165) is 0 Å². The molecule has 1 saturated heterocycles. The lowest BCUT2D eigenvalue weighted by Gasteiger charge is -2.26. The van der Waals surface area contributed by atoms with Crippen molar-refractivity contribution in [1.82, 2.24) is 15.1 Å². The molecule has 1 aromatic carbocycles. The normalized spacial score (nSPS) is 15.3. The van der Waals surface area contributed by atoms with E-state index in [9.17, 15) is 18.0 Å². The van der Waals surface area contributed by atoms with Crippen LogP contribution in [0.25, 0.3) is 0 Å². The number of benzene rings is 1. The monoisotopic (exact) mass is 499 g/mol. The highest BCUT2D eigenvalue weighted by Gasteiger charge is 2.27. The van der Waals surface area contributed by atoms with Gasteiger partial charge in [0, 0.05) is 26.4 Å². The van der Waals surface area contributed by atoms with Crippen LogP contribution < -0.4 is 10.6 Å². The molecular formula is C19H22ClN5O5S2. The summed E-state index contributed by atoms with van der Waals surface area (Å²) in [6.45, 7) is 6.54. The van der Waals surface area contributed by atoms with Crippen LogP contribution in [0.15, 0.2) is 35.7 Å². The zero-order valence-corrected chi connectivity index (χ0v) is 19.6. The summed E-state index contributed by atoms with van der Waals surface area (Å²) < 4.78 is 31.2. The Morgan fingerprint density at radius 1 is 1.44 bits per heavy atom. The van der Waals surface area contributed by atoms with E-state index in [1.54, 1.807) is 4.90 Å². The van der Waals surface area contributed by atoms with Crippen LogP contribution in [-0.4, -0.2) is 67.0 Å². The minimum Gasteiger partial charge on any atom is -0.370 e. The summed E-state index contributed by atoms with van der Waals surface area (Å²) in [5.41, 5.74) is 0.314. The van der Waals surface area contributed by atoms with Crippen molar-refractivity contribution in [3.05, 3.63) is 40.9 Å². The maximum atomic E-state index is 13.0. The summed E-state index contributed by atoms with van der Waals surface area (Å²) in [7, 11) is -3.90. The van der Waals surface area contributed by atoms with Gasteiger partial charge in [0.25, 0.3) is 0 Å². The molecule has 0 spiro atoms. The van der Waals surface area contributed by atoms with Gasteiger partial charge >= 0.3 is 0 Å². The number of sulfone groups is 1. The number of hydrogen-bond donors (Lipinski definition) is 2. The number of aromatic nitrogens is 2. The maximum Gasteiger partial charge on any atom is 0.248 e. The minimum atomic E-state index is -3.90. The Labute approximate surface area is 194 Å². The molecule has 1 aliphatic heterocycles. The molecule has 2 amide bonds. The fourth-order valence-corrected chi connectivity index (χ4v) is 5.41. The molecular weight excluding hydrogens is 478 g/mol. The first-order chi connectivity index (χ1) is 15.2. The molecule has 1 aliphatic rings. The molecule has 0 bridgehead atoms. The lowest BCUT2D eigenvalue weighted by molar-refractivity contribution is -0.142. The van der Waals surface area contributed by atoms with Crippen molar-refractivity contribution < 1.29 is 22.7 Å². The molecule has 13 heteroatoms. The second-order valence-electron chi connectivity index (χ2n) is 6.85. The van der Waals surface area contributed by atoms with Gasteiger partial charge in [-0.05, 0) is 18.2 Å². The Kier molecular flexibility index (Phi) is 7.82. The molecule has 2 N–H and O–H groups in total. The van der Waals surface area contributed by atoms with Crippen molar-refractivity contribution in [2.45, 2.75) is 23.6 Å². The molecule has 1 fully saturated rings. The smallest absolute Gasteiger partial charge is 0.248 e. The molecule has 1 unspecified atom stereocenters. The minimum absolute atomic E-state index is 0.0374. The lowest BCUT2D eigenvalue weighted by atomic mass is 10.3. The third kappa shape index (κ3) is 5.82. The standard InChI is InChI=1S/C19H22ClN5O5S2/c1-3-17(32(28,29)13-4-5-15(14(20)10-13)21-12(2)26)22-19-24-23-16(31-19)6-7-25-8-9-30-11-18(25)27/h3-5,10,17H,1,6-9,11H2,2H3,(H,21,26)(H,22,24). The molecule has 10 nitrogen and oxygen atoms in total. The summed E-state index contributed by atoms with van der Waals surface area (Å²) in [5, 5.41) is 13.3. The van der Waals surface area contributed by atoms with Crippen LogP contribution in [0, 0.1) is 0 Å². The van der Waals surface area contributed by atoms with Gasteiger partial charge in [0.2, 0.25) is 26.8 Å². The van der Waals surface area contributed by atoms with E-state index in [-0.39, 0.29) is 28.3 Å². The van der Waals surface area contributed by atoms with Gasteiger partial charge in [-0.25, -0.2) is 8.42 Å². The highest BCUT2D eigenvalue weighted by molar-refractivity contribution is 7.92. The van der Waals surface area contributed by atoms with E-state index in [0.29, 0.717) is 41.9 Å². The number of amides is 2. The summed E-state index contributed by atoms with van der Waals surface area (Å²) in [5.74, 6) is -0.390. The van der Waals surface area contributed by atoms with Gasteiger partial charge in [0.15, 0.2) is 5.37 Å². The Bertz CT molecular complexity index is 1120. The van der Waals surface area contributed by atoms with Crippen molar-refractivity contribution in [1.29, 1.82) is 0 Å². The van der Waals surface area contributed by atoms with E-state index >= 15 is 0 Å². The first-order valence-electron chi connectivity index (χ1n) is 9.58. The number of nitrogens with one attached hydrogen (secondary N) is 2. The van der Waals surface area contributed by atoms with Gasteiger partial charge in [0.1, 0.15) is 11.6 Å². The van der Waals surface area contributed by atoms with E-state index in [2.05, 4.69) is 27.4 Å². The quantitative estimate of drug-likeness (QED) is 0.500. The SMILES string of the molecule is C=CC(Nc1nnc(CCN2CCOCC2=O)s1)S(=O)(=O)c1ccc(NC(C)=O)c(Cl)c1. The fraction of sp³-hybridized carbons (Fsp3) is 0.368. The summed E-state index contributed by atoms with van der Waals surface area (Å²) >= 11 is 7.32. The molecule has 2 aromatic rings. The fourth-order valence-electron chi connectivity index (χ4n) is 2.93. The van der Waals surface area contributed by atoms with Crippen LogP contribution in [0.2, 0.25) is 5.02 Å². The highest BCUT2D eigenvalue weighted by Crippen LogP contribution is 2.28. The summed E-state index contributed by atoms with van der Waals surface area (Å²) in [6, 6.07) is 4.05. The van der Waals surface area contributed by atoms with E-state index in [1.165, 1.54) is 42.5 Å². The van der Waals surface area contributed by atoms with Gasteiger partial charge < -0.3 is 20.3 Å². The van der Waals surface area contributed by atoms with Gasteiger partial charge in [-0.2, -0.15) is 0 Å². The number of halogens is 1. The first kappa shape index (κ1) is 24.1. The van der Waals surface area contributed by atoms with Crippen molar-refractivity contribution in [3.63, 3.8) is 0 Å². The third-order valence-corrected chi connectivity index (χ3v) is 7.66. The maximum absolute atomic E-state index is 13.0. The molecule has 2 heterocycles. The Morgan fingerprint density at radius 3 is 2.88 bits per heavy atom. The molecule has 1 aromatic heterocycles. The van der Waals surface area contributed by atoms with Crippen LogP contribution in [0.5, 0.6) is 0 Å². The number of nitrogens with zero attached hydrogens (tertiary/aromatic N) is 3. The number of carbonyl (C=O) groups excluding carboxylic acids is 2. The van der Waals surface area contributed by atoms with E-state index < -0.39 is 15.2 Å². The molecule has 0 radical (unpaired) electrons. The van der Waals surface area contributed by atoms with Crippen molar-refractivity contribution in [3.8, 4) is 0 Å². The van der Waals surface area contributed by atoms with Crippen LogP contribution in [-0.2, 0) is 30.6 Å². The van der Waals surface area contributed by atoms with Crippen molar-refractivity contribution in [2.24, 2.45) is 0 Å². The predicted octanol–water partition coefficient (Wildman–Crippen LogP) is 1.95. The number of hydrogen-bond acceptors (Lipinski definition) is 9. The highest BCUT2D eigenvalue weighted by atomic mass is 35.5. The Morgan fingerprint density at radius 2 is 2.22 bits per heavy atom. The summed E-state index contributed by atoms with van der Waals surface area (Å²) in [6.07, 6.45) is 1.75. The van der Waals surface area contributed by atoms with Gasteiger partial charge in [0.05, 0.1) is 22.2 Å². The Balaban J connectivity index is 1.68. The lowest BCUT2D eigenvalue weighted by Crippen LogP contribution is -2.42. The second-order valence-corrected chi connectivity index (χ2v) is 10.4. The van der Waals surface area contributed by atoms with Crippen LogP contribution in [0.3, 0.4) is 0 Å². The number of carbonyl (C=O) groups is 2. The largest absolute Gasteiger partial charge is 0.370 e. The zero-order chi connectivity index (χ0) is 23.3.